The van der Waals surface area contributed by atoms with Crippen LogP contribution < -0.4 is 4.90 Å². The second-order valence-corrected chi connectivity index (χ2v) is 15.0. The van der Waals surface area contributed by atoms with E-state index in [9.17, 15) is 0 Å². The monoisotopic (exact) mass is 673 g/mol. The van der Waals surface area contributed by atoms with Crippen molar-refractivity contribution in [3.05, 3.63) is 164 Å². The first kappa shape index (κ1) is 28.0. The molecule has 0 fully saturated rings. The van der Waals surface area contributed by atoms with Gasteiger partial charge in [0.05, 0.1) is 5.69 Å². The molecule has 0 radical (unpaired) electrons. The molecule has 234 valence electrons. The first-order chi connectivity index (χ1) is 24.8. The fourth-order valence-electron chi connectivity index (χ4n) is 7.84. The van der Waals surface area contributed by atoms with Gasteiger partial charge in [-0.2, -0.15) is 0 Å². The zero-order valence-corrected chi connectivity index (χ0v) is 28.4. The lowest BCUT2D eigenvalue weighted by molar-refractivity contribution is 0.673. The molecule has 0 spiro atoms. The molecule has 0 amide bonds. The molecule has 4 heteroatoms. The van der Waals surface area contributed by atoms with Crippen molar-refractivity contribution in [2.75, 3.05) is 4.90 Å². The molecule has 0 bridgehead atoms. The summed E-state index contributed by atoms with van der Waals surface area (Å²) in [5.74, 6) is 0. The second-order valence-electron chi connectivity index (χ2n) is 12.8. The van der Waals surface area contributed by atoms with Crippen LogP contribution in [0.4, 0.5) is 17.1 Å². The third-order valence-electron chi connectivity index (χ3n) is 10.0. The van der Waals surface area contributed by atoms with E-state index < -0.39 is 0 Å². The van der Waals surface area contributed by atoms with E-state index in [0.717, 1.165) is 27.9 Å². The topological polar surface area (TPSA) is 16.4 Å². The van der Waals surface area contributed by atoms with Gasteiger partial charge >= 0.3 is 0 Å². The van der Waals surface area contributed by atoms with Crippen molar-refractivity contribution >= 4 is 113 Å². The third kappa shape index (κ3) is 4.07. The van der Waals surface area contributed by atoms with E-state index in [1.165, 1.54) is 73.3 Å². The molecule has 0 saturated heterocycles. The fraction of sp³-hybridized carbons (Fsp3) is 0. The van der Waals surface area contributed by atoms with Gasteiger partial charge in [-0.1, -0.05) is 103 Å². The normalized spacial score (nSPS) is 12.0. The van der Waals surface area contributed by atoms with Crippen LogP contribution in [0, 0.1) is 0 Å². The van der Waals surface area contributed by atoms with Crippen LogP contribution >= 0.6 is 22.7 Å². The van der Waals surface area contributed by atoms with E-state index in [2.05, 4.69) is 169 Å². The van der Waals surface area contributed by atoms with E-state index >= 15 is 0 Å². The number of hydrogen-bond donors (Lipinski definition) is 0. The predicted octanol–water partition coefficient (Wildman–Crippen LogP) is 14.6. The Morgan fingerprint density at radius 1 is 0.420 bits per heavy atom. The summed E-state index contributed by atoms with van der Waals surface area (Å²) in [5, 5.41) is 9.89. The van der Waals surface area contributed by atoms with Gasteiger partial charge in [-0.05, 0) is 71.6 Å². The average molecular weight is 674 g/mol. The van der Waals surface area contributed by atoms with Crippen molar-refractivity contribution < 1.29 is 4.42 Å². The highest BCUT2D eigenvalue weighted by Crippen LogP contribution is 2.50. The number of nitrogens with zero attached hydrogens (tertiary/aromatic N) is 1. The number of para-hydroxylation sites is 3. The van der Waals surface area contributed by atoms with Gasteiger partial charge in [-0.25, -0.2) is 0 Å². The van der Waals surface area contributed by atoms with Gasteiger partial charge < -0.3 is 9.32 Å². The van der Waals surface area contributed by atoms with Crippen LogP contribution in [0.15, 0.2) is 168 Å². The van der Waals surface area contributed by atoms with Crippen molar-refractivity contribution in [3.63, 3.8) is 0 Å². The van der Waals surface area contributed by atoms with Crippen LogP contribution in [0.1, 0.15) is 0 Å². The molecule has 0 aliphatic carbocycles. The number of rotatable bonds is 4. The molecular formula is C46H27NOS2. The van der Waals surface area contributed by atoms with E-state index in [-0.39, 0.29) is 0 Å². The van der Waals surface area contributed by atoms with Crippen LogP contribution in [0.3, 0.4) is 0 Å². The van der Waals surface area contributed by atoms with E-state index in [0.29, 0.717) is 0 Å². The van der Waals surface area contributed by atoms with E-state index in [1.807, 2.05) is 22.7 Å². The number of furan rings is 1. The molecule has 8 aromatic carbocycles. The lowest BCUT2D eigenvalue weighted by Gasteiger charge is -2.27. The van der Waals surface area contributed by atoms with Crippen molar-refractivity contribution in [3.8, 4) is 11.1 Å². The van der Waals surface area contributed by atoms with Gasteiger partial charge in [-0.15, -0.1) is 22.7 Å². The number of benzene rings is 8. The Bertz CT molecular complexity index is 3060. The molecule has 11 aromatic rings. The second kappa shape index (κ2) is 10.8. The maximum absolute atomic E-state index is 6.59. The molecule has 50 heavy (non-hydrogen) atoms. The van der Waals surface area contributed by atoms with Crippen LogP contribution in [0.25, 0.3) is 84.2 Å². The minimum Gasteiger partial charge on any atom is -0.455 e. The number of anilines is 3. The molecule has 0 aliphatic heterocycles. The Hall–Kier alpha value is -5.94. The Labute approximate surface area is 295 Å². The average Bonchev–Trinajstić information content (AvgIpc) is 3.86. The quantitative estimate of drug-likeness (QED) is 0.185. The Balaban J connectivity index is 1.20. The molecule has 0 atom stereocenters. The summed E-state index contributed by atoms with van der Waals surface area (Å²) in [6, 6.07) is 59.3. The smallest absolute Gasteiger partial charge is 0.144 e. The lowest BCUT2D eigenvalue weighted by Crippen LogP contribution is -2.10. The molecule has 0 saturated carbocycles. The molecule has 3 heterocycles. The molecule has 0 aliphatic rings. The highest BCUT2D eigenvalue weighted by Gasteiger charge is 2.22. The largest absolute Gasteiger partial charge is 0.455 e. The highest BCUT2D eigenvalue weighted by atomic mass is 32.1. The van der Waals surface area contributed by atoms with Gasteiger partial charge in [-0.3, -0.25) is 0 Å². The molecular weight excluding hydrogens is 647 g/mol. The molecule has 11 rings (SSSR count). The summed E-state index contributed by atoms with van der Waals surface area (Å²) in [7, 11) is 0. The zero-order chi connectivity index (χ0) is 32.8. The van der Waals surface area contributed by atoms with E-state index in [1.54, 1.807) is 0 Å². The maximum atomic E-state index is 6.59. The van der Waals surface area contributed by atoms with Gasteiger partial charge in [0.25, 0.3) is 0 Å². The minimum atomic E-state index is 0.929. The van der Waals surface area contributed by atoms with Crippen molar-refractivity contribution in [1.29, 1.82) is 0 Å². The number of fused-ring (bicyclic) bond motifs is 12. The Morgan fingerprint density at radius 2 is 1.06 bits per heavy atom. The Kier molecular flexibility index (Phi) is 6.03. The summed E-state index contributed by atoms with van der Waals surface area (Å²) in [4.78, 5) is 2.39. The summed E-state index contributed by atoms with van der Waals surface area (Å²) in [6.45, 7) is 0. The van der Waals surface area contributed by atoms with Gasteiger partial charge in [0.15, 0.2) is 0 Å². The van der Waals surface area contributed by atoms with Crippen molar-refractivity contribution in [2.24, 2.45) is 0 Å². The zero-order valence-electron chi connectivity index (χ0n) is 26.8. The van der Waals surface area contributed by atoms with Gasteiger partial charge in [0.1, 0.15) is 11.2 Å². The highest BCUT2D eigenvalue weighted by molar-refractivity contribution is 7.26. The first-order valence-corrected chi connectivity index (χ1v) is 18.5. The maximum Gasteiger partial charge on any atom is 0.144 e. The van der Waals surface area contributed by atoms with Crippen molar-refractivity contribution in [2.45, 2.75) is 0 Å². The molecule has 0 N–H and O–H groups in total. The van der Waals surface area contributed by atoms with Gasteiger partial charge in [0.2, 0.25) is 0 Å². The summed E-state index contributed by atoms with van der Waals surface area (Å²) >= 11 is 3.74. The predicted molar refractivity (Wildman–Crippen MR) is 217 cm³/mol. The molecule has 3 aromatic heterocycles. The van der Waals surface area contributed by atoms with E-state index in [4.69, 9.17) is 4.42 Å². The molecule has 2 nitrogen and oxygen atoms in total. The van der Waals surface area contributed by atoms with Crippen LogP contribution in [0.5, 0.6) is 0 Å². The summed E-state index contributed by atoms with van der Waals surface area (Å²) < 4.78 is 11.7. The fourth-order valence-corrected chi connectivity index (χ4v) is 10.2. The number of hydrogen-bond acceptors (Lipinski definition) is 4. The number of thiophene rings is 2. The van der Waals surface area contributed by atoms with Crippen LogP contribution in [0.2, 0.25) is 0 Å². The third-order valence-corrected chi connectivity index (χ3v) is 12.3. The first-order valence-electron chi connectivity index (χ1n) is 16.8. The minimum absolute atomic E-state index is 0.929. The van der Waals surface area contributed by atoms with Crippen LogP contribution in [-0.2, 0) is 0 Å². The Morgan fingerprint density at radius 3 is 1.84 bits per heavy atom. The van der Waals surface area contributed by atoms with Crippen LogP contribution in [-0.4, -0.2) is 0 Å². The molecule has 0 unspecified atom stereocenters. The summed E-state index contributed by atoms with van der Waals surface area (Å²) in [6.07, 6.45) is 0. The van der Waals surface area contributed by atoms with Gasteiger partial charge in [0, 0.05) is 73.4 Å². The lowest BCUT2D eigenvalue weighted by atomic mass is 9.96. The van der Waals surface area contributed by atoms with Crippen molar-refractivity contribution in [1.82, 2.24) is 0 Å². The summed E-state index contributed by atoms with van der Waals surface area (Å²) in [5.41, 5.74) is 7.84. The SMILES string of the molecule is c1ccc(N(c2ccccc2)c2cc3sc4ccc(-c5cc6c7ccccc7oc6c6c5sc5ccccc56)cc4c3c3ccccc23)cc1. The standard InChI is InChI=1S/C46H27NOS2/c1-3-13-29(14-4-1)47(30-15-5-2-6-16-30)38-27-42-43(33-19-8-7-17-31(33)38)37-25-28(23-24-41(37)49-42)35-26-36-32-18-9-11-21-39(32)48-45(36)44-34-20-10-12-22-40(34)50-46(35)44/h1-27H.